The van der Waals surface area contributed by atoms with E-state index in [-0.39, 0.29) is 43.0 Å². The van der Waals surface area contributed by atoms with Crippen LogP contribution in [-0.2, 0) is 9.53 Å². The first kappa shape index (κ1) is 21.1. The van der Waals surface area contributed by atoms with Crippen molar-refractivity contribution in [3.8, 4) is 0 Å². The molecule has 8 nitrogen and oxygen atoms in total. The third-order valence-electron chi connectivity index (χ3n) is 4.76. The SMILES string of the molecule is CN(C)CC(=O)OC1CCC(N(C)C(=O)c2ccc3nonc3c2)CC1.Cl. The predicted molar refractivity (Wildman–Crippen MR) is 102 cm³/mol. The first-order valence-electron chi connectivity index (χ1n) is 8.77. The van der Waals surface area contributed by atoms with E-state index in [1.807, 2.05) is 21.1 Å². The number of carbonyl (C=O) groups excluding carboxylic acids is 2. The Labute approximate surface area is 164 Å². The van der Waals surface area contributed by atoms with Crippen LogP contribution in [0.2, 0.25) is 0 Å². The lowest BCUT2D eigenvalue weighted by Crippen LogP contribution is -2.41. The summed E-state index contributed by atoms with van der Waals surface area (Å²) in [6, 6.07) is 5.30. The molecule has 0 spiro atoms. The van der Waals surface area contributed by atoms with E-state index in [1.165, 1.54) is 0 Å². The van der Waals surface area contributed by atoms with Gasteiger partial charge in [0.15, 0.2) is 0 Å². The van der Waals surface area contributed by atoms with Crippen molar-refractivity contribution in [2.24, 2.45) is 0 Å². The van der Waals surface area contributed by atoms with Crippen LogP contribution < -0.4 is 0 Å². The molecule has 2 aromatic rings. The number of hydrogen-bond acceptors (Lipinski definition) is 7. The Balaban J connectivity index is 0.00000261. The normalized spacial score (nSPS) is 19.6. The lowest BCUT2D eigenvalue weighted by atomic mass is 9.91. The molecule has 0 atom stereocenters. The number of hydrogen-bond donors (Lipinski definition) is 0. The second-order valence-corrected chi connectivity index (χ2v) is 7.04. The highest BCUT2D eigenvalue weighted by Gasteiger charge is 2.29. The highest BCUT2D eigenvalue weighted by Crippen LogP contribution is 2.26. The Bertz CT molecular complexity index is 787. The first-order valence-corrected chi connectivity index (χ1v) is 8.77. The average molecular weight is 397 g/mol. The van der Waals surface area contributed by atoms with Crippen molar-refractivity contribution in [1.29, 1.82) is 0 Å². The summed E-state index contributed by atoms with van der Waals surface area (Å²) in [7, 11) is 5.49. The monoisotopic (exact) mass is 396 g/mol. The molecular formula is C18H25ClN4O4. The van der Waals surface area contributed by atoms with Crippen LogP contribution in [0.4, 0.5) is 0 Å². The van der Waals surface area contributed by atoms with Gasteiger partial charge in [-0.1, -0.05) is 0 Å². The van der Waals surface area contributed by atoms with Crippen molar-refractivity contribution in [3.63, 3.8) is 0 Å². The second-order valence-electron chi connectivity index (χ2n) is 7.04. The summed E-state index contributed by atoms with van der Waals surface area (Å²) in [5, 5.41) is 7.53. The van der Waals surface area contributed by atoms with E-state index in [0.717, 1.165) is 25.7 Å². The van der Waals surface area contributed by atoms with Gasteiger partial charge in [-0.05, 0) is 68.3 Å². The Morgan fingerprint density at radius 1 is 1.11 bits per heavy atom. The minimum atomic E-state index is -0.197. The van der Waals surface area contributed by atoms with Crippen LogP contribution in [0, 0.1) is 0 Å². The standard InChI is InChI=1S/C18H24N4O4.ClH/c1-21(2)11-17(23)25-14-7-5-13(6-8-14)22(3)18(24)12-4-9-15-16(10-12)20-26-19-15;/h4,9-10,13-14H,5-8,11H2,1-3H3;1H. The smallest absolute Gasteiger partial charge is 0.320 e. The third-order valence-corrected chi connectivity index (χ3v) is 4.76. The number of amides is 1. The van der Waals surface area contributed by atoms with Gasteiger partial charge in [0.05, 0.1) is 6.54 Å². The van der Waals surface area contributed by atoms with Gasteiger partial charge in [0.25, 0.3) is 5.91 Å². The summed E-state index contributed by atoms with van der Waals surface area (Å²) in [5.41, 5.74) is 1.76. The van der Waals surface area contributed by atoms with Crippen LogP contribution in [-0.4, -0.2) is 71.8 Å². The maximum absolute atomic E-state index is 12.7. The number of carbonyl (C=O) groups is 2. The molecule has 0 N–H and O–H groups in total. The number of esters is 1. The molecular weight excluding hydrogens is 372 g/mol. The van der Waals surface area contributed by atoms with Gasteiger partial charge in [-0.3, -0.25) is 14.5 Å². The molecule has 0 unspecified atom stereocenters. The van der Waals surface area contributed by atoms with Crippen molar-refractivity contribution >= 4 is 35.3 Å². The van der Waals surface area contributed by atoms with Gasteiger partial charge in [-0.15, -0.1) is 12.4 Å². The number of ether oxygens (including phenoxy) is 1. The van der Waals surface area contributed by atoms with Crippen molar-refractivity contribution in [3.05, 3.63) is 23.8 Å². The molecule has 9 heteroatoms. The molecule has 1 saturated carbocycles. The van der Waals surface area contributed by atoms with Crippen LogP contribution >= 0.6 is 12.4 Å². The van der Waals surface area contributed by atoms with E-state index in [1.54, 1.807) is 28.0 Å². The second kappa shape index (κ2) is 9.14. The molecule has 1 aliphatic rings. The fourth-order valence-electron chi connectivity index (χ4n) is 3.32. The fourth-order valence-corrected chi connectivity index (χ4v) is 3.32. The Hall–Kier alpha value is -2.19. The number of rotatable bonds is 5. The van der Waals surface area contributed by atoms with Gasteiger partial charge in [0, 0.05) is 18.7 Å². The van der Waals surface area contributed by atoms with Crippen LogP contribution in [0.5, 0.6) is 0 Å². The molecule has 1 heterocycles. The molecule has 1 aromatic carbocycles. The minimum absolute atomic E-state index is 0. The number of aromatic nitrogens is 2. The molecule has 1 aliphatic carbocycles. The topological polar surface area (TPSA) is 88.8 Å². The van der Waals surface area contributed by atoms with Crippen molar-refractivity contribution in [2.45, 2.75) is 37.8 Å². The molecule has 1 aromatic heterocycles. The van der Waals surface area contributed by atoms with Crippen LogP contribution in [0.1, 0.15) is 36.0 Å². The first-order chi connectivity index (χ1) is 12.4. The molecule has 1 fully saturated rings. The molecule has 3 rings (SSSR count). The van der Waals surface area contributed by atoms with Crippen LogP contribution in [0.25, 0.3) is 11.0 Å². The summed E-state index contributed by atoms with van der Waals surface area (Å²) >= 11 is 0. The van der Waals surface area contributed by atoms with Crippen molar-refractivity contribution in [1.82, 2.24) is 20.1 Å². The number of likely N-dealkylation sites (N-methyl/N-ethyl adjacent to an activating group) is 1. The Kier molecular flexibility index (Phi) is 7.15. The predicted octanol–water partition coefficient (Wildman–Crippen LogP) is 2.13. The summed E-state index contributed by atoms with van der Waals surface area (Å²) in [6.45, 7) is 0.289. The van der Waals surface area contributed by atoms with Gasteiger partial charge in [-0.25, -0.2) is 4.63 Å². The van der Waals surface area contributed by atoms with Gasteiger partial charge >= 0.3 is 5.97 Å². The lowest BCUT2D eigenvalue weighted by molar-refractivity contribution is -0.151. The largest absolute Gasteiger partial charge is 0.461 e. The highest BCUT2D eigenvalue weighted by molar-refractivity contribution is 5.97. The summed E-state index contributed by atoms with van der Waals surface area (Å²) in [5.74, 6) is -0.250. The fraction of sp³-hybridized carbons (Fsp3) is 0.556. The molecule has 0 radical (unpaired) electrons. The Morgan fingerprint density at radius 3 is 2.44 bits per heavy atom. The van der Waals surface area contributed by atoms with Crippen LogP contribution in [0.15, 0.2) is 22.8 Å². The molecule has 0 aliphatic heterocycles. The zero-order chi connectivity index (χ0) is 18.7. The average Bonchev–Trinajstić information content (AvgIpc) is 3.08. The third kappa shape index (κ3) is 5.17. The van der Waals surface area contributed by atoms with Gasteiger partial charge < -0.3 is 9.64 Å². The summed E-state index contributed by atoms with van der Waals surface area (Å²) in [6.07, 6.45) is 3.12. The van der Waals surface area contributed by atoms with Crippen molar-refractivity contribution < 1.29 is 19.0 Å². The maximum Gasteiger partial charge on any atom is 0.320 e. The van der Waals surface area contributed by atoms with E-state index in [0.29, 0.717) is 16.6 Å². The Morgan fingerprint density at radius 2 is 1.78 bits per heavy atom. The van der Waals surface area contributed by atoms with E-state index < -0.39 is 0 Å². The van der Waals surface area contributed by atoms with Gasteiger partial charge in [0.2, 0.25) is 0 Å². The number of nitrogens with zero attached hydrogens (tertiary/aromatic N) is 4. The van der Waals surface area contributed by atoms with Gasteiger partial charge in [0.1, 0.15) is 17.1 Å². The molecule has 0 bridgehead atoms. The van der Waals surface area contributed by atoms with Crippen molar-refractivity contribution in [2.75, 3.05) is 27.7 Å². The van der Waals surface area contributed by atoms with E-state index in [9.17, 15) is 9.59 Å². The zero-order valence-electron chi connectivity index (χ0n) is 15.8. The van der Waals surface area contributed by atoms with E-state index in [2.05, 4.69) is 14.9 Å². The minimum Gasteiger partial charge on any atom is -0.461 e. The quantitative estimate of drug-likeness (QED) is 0.715. The van der Waals surface area contributed by atoms with E-state index in [4.69, 9.17) is 4.74 Å². The van der Waals surface area contributed by atoms with E-state index >= 15 is 0 Å². The number of benzene rings is 1. The molecule has 148 valence electrons. The zero-order valence-corrected chi connectivity index (χ0v) is 16.6. The summed E-state index contributed by atoms with van der Waals surface area (Å²) in [4.78, 5) is 28.1. The molecule has 1 amide bonds. The highest BCUT2D eigenvalue weighted by atomic mass is 35.5. The maximum atomic E-state index is 12.7. The number of fused-ring (bicyclic) bond motifs is 1. The van der Waals surface area contributed by atoms with Crippen LogP contribution in [0.3, 0.4) is 0 Å². The lowest BCUT2D eigenvalue weighted by Gasteiger charge is -2.34. The number of halogens is 1. The molecule has 27 heavy (non-hydrogen) atoms. The summed E-state index contributed by atoms with van der Waals surface area (Å²) < 4.78 is 10.2. The van der Waals surface area contributed by atoms with Gasteiger partial charge in [-0.2, -0.15) is 0 Å². The molecule has 0 saturated heterocycles.